The molecular weight excluding hydrogens is 583 g/mol. The Morgan fingerprint density at radius 3 is 1.25 bits per heavy atom. The first kappa shape index (κ1) is 26.7. The van der Waals surface area contributed by atoms with Crippen LogP contribution >= 0.6 is 0 Å². The fourth-order valence-corrected chi connectivity index (χ4v) is 7.68. The first-order valence-electron chi connectivity index (χ1n) is 16.2. The van der Waals surface area contributed by atoms with Crippen LogP contribution in [0.25, 0.3) is 98.4 Å². The van der Waals surface area contributed by atoms with Gasteiger partial charge in [0.05, 0.1) is 0 Å². The lowest BCUT2D eigenvalue weighted by molar-refractivity contribution is 1.33. The van der Waals surface area contributed by atoms with Gasteiger partial charge in [-0.2, -0.15) is 0 Å². The van der Waals surface area contributed by atoms with Gasteiger partial charge in [0.25, 0.3) is 0 Å². The van der Waals surface area contributed by atoms with Crippen molar-refractivity contribution in [3.05, 3.63) is 165 Å². The molecule has 0 aliphatic heterocycles. The molecule has 0 atom stereocenters. The Morgan fingerprint density at radius 1 is 0.292 bits per heavy atom. The van der Waals surface area contributed by atoms with Crippen LogP contribution in [-0.2, 0) is 0 Å². The second-order valence-electron chi connectivity index (χ2n) is 12.5. The molecule has 0 spiro atoms. The number of rotatable bonds is 4. The smallest absolute Gasteiger partial charge is 0.0346 e. The molecule has 0 unspecified atom stereocenters. The first-order chi connectivity index (χ1) is 23.8. The van der Waals surface area contributed by atoms with Crippen molar-refractivity contribution in [2.75, 3.05) is 0 Å². The van der Waals surface area contributed by atoms with E-state index in [9.17, 15) is 0 Å². The van der Waals surface area contributed by atoms with Gasteiger partial charge in [0, 0.05) is 48.0 Å². The van der Waals surface area contributed by atoms with Gasteiger partial charge in [-0.25, -0.2) is 0 Å². The summed E-state index contributed by atoms with van der Waals surface area (Å²) >= 11 is 0. The topological polar surface area (TPSA) is 38.7 Å². The van der Waals surface area contributed by atoms with E-state index < -0.39 is 0 Å². The summed E-state index contributed by atoms with van der Waals surface area (Å²) in [6.45, 7) is 0. The quantitative estimate of drug-likeness (QED) is 0.186. The van der Waals surface area contributed by atoms with Gasteiger partial charge >= 0.3 is 0 Å². The predicted molar refractivity (Wildman–Crippen MR) is 200 cm³/mol. The summed E-state index contributed by atoms with van der Waals surface area (Å²) in [4.78, 5) is 13.1. The summed E-state index contributed by atoms with van der Waals surface area (Å²) in [7, 11) is 0. The maximum Gasteiger partial charge on any atom is 0.0346 e. The number of nitrogens with zero attached hydrogens (tertiary/aromatic N) is 3. The van der Waals surface area contributed by atoms with Gasteiger partial charge in [-0.15, -0.1) is 0 Å². The summed E-state index contributed by atoms with van der Waals surface area (Å²) < 4.78 is 0. The highest BCUT2D eigenvalue weighted by atomic mass is 14.6. The van der Waals surface area contributed by atoms with E-state index in [1.165, 1.54) is 87.6 Å². The van der Waals surface area contributed by atoms with Gasteiger partial charge in [-0.05, 0) is 130 Å². The molecule has 3 nitrogen and oxygen atoms in total. The molecule has 0 saturated heterocycles. The lowest BCUT2D eigenvalue weighted by Crippen LogP contribution is -1.91. The largest absolute Gasteiger partial charge is 0.265 e. The van der Waals surface area contributed by atoms with Crippen molar-refractivity contribution >= 4 is 53.9 Å². The number of hydrogen-bond acceptors (Lipinski definition) is 3. The van der Waals surface area contributed by atoms with E-state index >= 15 is 0 Å². The molecule has 3 aromatic heterocycles. The Kier molecular flexibility index (Phi) is 5.87. The number of benzene rings is 7. The molecule has 3 heterocycles. The predicted octanol–water partition coefficient (Wildman–Crippen LogP) is 11.7. The minimum absolute atomic E-state index is 1.13. The highest BCUT2D eigenvalue weighted by molar-refractivity contribution is 6.27. The first-order valence-corrected chi connectivity index (χ1v) is 16.2. The molecular formula is C45H27N3. The van der Waals surface area contributed by atoms with E-state index in [2.05, 4.69) is 142 Å². The molecule has 0 fully saturated rings. The van der Waals surface area contributed by atoms with Crippen LogP contribution in [0.15, 0.2) is 165 Å². The van der Waals surface area contributed by atoms with Crippen LogP contribution in [0.4, 0.5) is 0 Å². The van der Waals surface area contributed by atoms with Gasteiger partial charge in [0.2, 0.25) is 0 Å². The molecule has 222 valence electrons. The highest BCUT2D eigenvalue weighted by Gasteiger charge is 2.17. The van der Waals surface area contributed by atoms with Crippen molar-refractivity contribution < 1.29 is 0 Å². The van der Waals surface area contributed by atoms with E-state index in [1.807, 2.05) is 37.2 Å². The Bertz CT molecular complexity index is 2730. The van der Waals surface area contributed by atoms with Gasteiger partial charge in [0.1, 0.15) is 0 Å². The fraction of sp³-hybridized carbons (Fsp3) is 0. The van der Waals surface area contributed by atoms with Crippen molar-refractivity contribution in [3.63, 3.8) is 0 Å². The third kappa shape index (κ3) is 4.11. The Labute approximate surface area is 277 Å². The molecule has 10 aromatic rings. The molecule has 7 aromatic carbocycles. The SMILES string of the molecule is c1cc(-c2cc(-c3cccc4cnccc34)cc(-c3ccc4ccc5c(-c6ccncc6)ccc6ccc3c4c65)c2)c2ccncc2c1. The molecule has 3 heteroatoms. The molecule has 0 aliphatic rings. The van der Waals surface area contributed by atoms with E-state index in [0.29, 0.717) is 0 Å². The lowest BCUT2D eigenvalue weighted by atomic mass is 9.85. The summed E-state index contributed by atoms with van der Waals surface area (Å²) in [6.07, 6.45) is 11.4. The number of pyridine rings is 3. The zero-order valence-corrected chi connectivity index (χ0v) is 25.9. The van der Waals surface area contributed by atoms with Crippen molar-refractivity contribution in [3.8, 4) is 44.5 Å². The second kappa shape index (κ2) is 10.5. The van der Waals surface area contributed by atoms with Crippen molar-refractivity contribution in [2.45, 2.75) is 0 Å². The van der Waals surface area contributed by atoms with Crippen LogP contribution in [-0.4, -0.2) is 15.0 Å². The summed E-state index contributed by atoms with van der Waals surface area (Å²) in [5, 5.41) is 12.3. The molecule has 0 bridgehead atoms. The lowest BCUT2D eigenvalue weighted by Gasteiger charge is -2.18. The van der Waals surface area contributed by atoms with Crippen molar-refractivity contribution in [2.24, 2.45) is 0 Å². The maximum absolute atomic E-state index is 4.40. The molecule has 10 rings (SSSR count). The van der Waals surface area contributed by atoms with Crippen LogP contribution in [0.3, 0.4) is 0 Å². The van der Waals surface area contributed by atoms with Crippen molar-refractivity contribution in [1.29, 1.82) is 0 Å². The van der Waals surface area contributed by atoms with E-state index in [1.54, 1.807) is 0 Å². The Hall–Kier alpha value is -6.45. The van der Waals surface area contributed by atoms with E-state index in [0.717, 1.165) is 10.8 Å². The van der Waals surface area contributed by atoms with Crippen LogP contribution in [0.2, 0.25) is 0 Å². The highest BCUT2D eigenvalue weighted by Crippen LogP contribution is 2.44. The standard InChI is InChI=1S/C45H27N3/c1-3-31-26-47-21-17-40(31)36(5-1)33-23-34(37-6-2-4-32-27-48-22-18-41(32)37)25-35(24-33)39-12-8-30-9-13-42-38(28-15-19-46-20-16-28)11-7-29-10-14-43(39)45(30)44(29)42/h1-27H. The van der Waals surface area contributed by atoms with Crippen molar-refractivity contribution in [1.82, 2.24) is 15.0 Å². The zero-order valence-electron chi connectivity index (χ0n) is 25.9. The molecule has 0 saturated carbocycles. The van der Waals surface area contributed by atoms with Crippen LogP contribution < -0.4 is 0 Å². The third-order valence-corrected chi connectivity index (χ3v) is 9.88. The van der Waals surface area contributed by atoms with Gasteiger partial charge in [0.15, 0.2) is 0 Å². The van der Waals surface area contributed by atoms with E-state index in [4.69, 9.17) is 0 Å². The average molecular weight is 610 g/mol. The minimum Gasteiger partial charge on any atom is -0.265 e. The summed E-state index contributed by atoms with van der Waals surface area (Å²) in [5.74, 6) is 0. The molecule has 48 heavy (non-hydrogen) atoms. The number of aromatic nitrogens is 3. The van der Waals surface area contributed by atoms with Crippen LogP contribution in [0.1, 0.15) is 0 Å². The van der Waals surface area contributed by atoms with Gasteiger partial charge in [-0.1, -0.05) is 84.9 Å². The number of hydrogen-bond donors (Lipinski definition) is 0. The zero-order chi connectivity index (χ0) is 31.6. The maximum atomic E-state index is 4.40. The fourth-order valence-electron chi connectivity index (χ4n) is 7.68. The minimum atomic E-state index is 1.13. The number of fused-ring (bicyclic) bond motifs is 2. The molecule has 0 radical (unpaired) electrons. The summed E-state index contributed by atoms with van der Waals surface area (Å²) in [6, 6.07) is 46.7. The van der Waals surface area contributed by atoms with Crippen LogP contribution in [0.5, 0.6) is 0 Å². The van der Waals surface area contributed by atoms with Gasteiger partial charge in [-0.3, -0.25) is 15.0 Å². The average Bonchev–Trinajstić information content (AvgIpc) is 3.16. The van der Waals surface area contributed by atoms with Crippen LogP contribution in [0, 0.1) is 0 Å². The monoisotopic (exact) mass is 609 g/mol. The Morgan fingerprint density at radius 2 is 0.729 bits per heavy atom. The third-order valence-electron chi connectivity index (χ3n) is 9.88. The summed E-state index contributed by atoms with van der Waals surface area (Å²) in [5.41, 5.74) is 9.55. The molecule has 0 N–H and O–H groups in total. The molecule has 0 aliphatic carbocycles. The molecule has 0 amide bonds. The van der Waals surface area contributed by atoms with E-state index in [-0.39, 0.29) is 0 Å². The Balaban J connectivity index is 1.27. The normalized spacial score (nSPS) is 11.8. The van der Waals surface area contributed by atoms with Gasteiger partial charge < -0.3 is 0 Å². The second-order valence-corrected chi connectivity index (χ2v) is 12.5.